The van der Waals surface area contributed by atoms with Crippen LogP contribution < -0.4 is 0 Å². The van der Waals surface area contributed by atoms with E-state index in [2.05, 4.69) is 26.0 Å². The maximum Gasteiger partial charge on any atom is 0.354 e. The molecule has 3 aromatic rings. The van der Waals surface area contributed by atoms with Crippen molar-refractivity contribution in [2.24, 2.45) is 0 Å². The average molecular weight is 318 g/mol. The first-order valence-electron chi connectivity index (χ1n) is 5.49. The highest BCUT2D eigenvalue weighted by molar-refractivity contribution is 9.10. The Morgan fingerprint density at radius 1 is 1.32 bits per heavy atom. The molecule has 0 aliphatic heterocycles. The molecule has 6 heteroatoms. The van der Waals surface area contributed by atoms with E-state index in [0.29, 0.717) is 5.82 Å². The van der Waals surface area contributed by atoms with E-state index in [-0.39, 0.29) is 5.69 Å². The summed E-state index contributed by atoms with van der Waals surface area (Å²) in [6.45, 7) is 0. The second-order valence-electron chi connectivity index (χ2n) is 3.96. The van der Waals surface area contributed by atoms with Crippen LogP contribution in [-0.4, -0.2) is 25.8 Å². The van der Waals surface area contributed by atoms with Crippen LogP contribution in [0.15, 0.2) is 47.2 Å². The van der Waals surface area contributed by atoms with Gasteiger partial charge in [0.25, 0.3) is 0 Å². The third-order valence-electron chi connectivity index (χ3n) is 2.71. The Morgan fingerprint density at radius 2 is 2.11 bits per heavy atom. The van der Waals surface area contributed by atoms with Gasteiger partial charge in [0.1, 0.15) is 0 Å². The van der Waals surface area contributed by atoms with Gasteiger partial charge < -0.3 is 5.11 Å². The summed E-state index contributed by atoms with van der Waals surface area (Å²) < 4.78 is 2.36. The van der Waals surface area contributed by atoms with Crippen LogP contribution in [0.2, 0.25) is 0 Å². The van der Waals surface area contributed by atoms with Gasteiger partial charge >= 0.3 is 5.97 Å². The maximum absolute atomic E-state index is 11.1. The number of fused-ring (bicyclic) bond motifs is 1. The lowest BCUT2D eigenvalue weighted by Crippen LogP contribution is -2.06. The first-order valence-corrected chi connectivity index (χ1v) is 6.28. The van der Waals surface area contributed by atoms with E-state index in [4.69, 9.17) is 5.11 Å². The van der Waals surface area contributed by atoms with Gasteiger partial charge in [0.15, 0.2) is 11.5 Å². The van der Waals surface area contributed by atoms with Gasteiger partial charge in [-0.1, -0.05) is 24.3 Å². The van der Waals surface area contributed by atoms with Gasteiger partial charge in [-0.3, -0.25) is 0 Å². The van der Waals surface area contributed by atoms with Crippen LogP contribution in [0.5, 0.6) is 0 Å². The quantitative estimate of drug-likeness (QED) is 0.789. The molecule has 0 bridgehead atoms. The standard InChI is InChI=1S/C13H8BrN3O2/c14-9-6-15-17(7-9)12-10-4-2-1-3-8(10)5-11(16-12)13(18)19/h1-7H,(H,18,19). The van der Waals surface area contributed by atoms with E-state index in [9.17, 15) is 4.79 Å². The normalized spacial score (nSPS) is 10.8. The largest absolute Gasteiger partial charge is 0.477 e. The third kappa shape index (κ3) is 2.10. The second-order valence-corrected chi connectivity index (χ2v) is 4.88. The fourth-order valence-electron chi connectivity index (χ4n) is 1.88. The monoisotopic (exact) mass is 317 g/mol. The lowest BCUT2D eigenvalue weighted by Gasteiger charge is -2.07. The number of aromatic nitrogens is 3. The number of hydrogen-bond acceptors (Lipinski definition) is 3. The van der Waals surface area contributed by atoms with Crippen molar-refractivity contribution in [1.82, 2.24) is 14.8 Å². The summed E-state index contributed by atoms with van der Waals surface area (Å²) in [6.07, 6.45) is 3.37. The molecule has 19 heavy (non-hydrogen) atoms. The van der Waals surface area contributed by atoms with Gasteiger partial charge in [0.05, 0.1) is 10.7 Å². The number of carbonyl (C=O) groups is 1. The molecular weight excluding hydrogens is 310 g/mol. The number of nitrogens with zero attached hydrogens (tertiary/aromatic N) is 3. The minimum Gasteiger partial charge on any atom is -0.477 e. The van der Waals surface area contributed by atoms with E-state index in [0.717, 1.165) is 15.2 Å². The van der Waals surface area contributed by atoms with Crippen LogP contribution in [0, 0.1) is 0 Å². The summed E-state index contributed by atoms with van der Waals surface area (Å²) in [5.41, 5.74) is 0.000299. The van der Waals surface area contributed by atoms with E-state index < -0.39 is 5.97 Å². The number of halogens is 1. The number of pyridine rings is 1. The molecular formula is C13H8BrN3O2. The Hall–Kier alpha value is -2.21. The van der Waals surface area contributed by atoms with Crippen molar-refractivity contribution in [3.05, 3.63) is 52.9 Å². The molecule has 1 aromatic carbocycles. The van der Waals surface area contributed by atoms with Crippen molar-refractivity contribution in [3.8, 4) is 5.82 Å². The lowest BCUT2D eigenvalue weighted by molar-refractivity contribution is 0.0690. The molecule has 0 unspecified atom stereocenters. The molecule has 2 aromatic heterocycles. The third-order valence-corrected chi connectivity index (χ3v) is 3.12. The minimum absolute atomic E-state index is 0.000299. The zero-order chi connectivity index (χ0) is 13.4. The van der Waals surface area contributed by atoms with Crippen molar-refractivity contribution in [3.63, 3.8) is 0 Å². The first-order chi connectivity index (χ1) is 9.15. The van der Waals surface area contributed by atoms with Crippen LogP contribution in [0.4, 0.5) is 0 Å². The molecule has 0 saturated carbocycles. The van der Waals surface area contributed by atoms with Gasteiger partial charge in [-0.15, -0.1) is 0 Å². The van der Waals surface area contributed by atoms with Gasteiger partial charge in [0.2, 0.25) is 0 Å². The highest BCUT2D eigenvalue weighted by Crippen LogP contribution is 2.22. The molecule has 1 N–H and O–H groups in total. The summed E-state index contributed by atoms with van der Waals surface area (Å²) in [5.74, 6) is -0.556. The molecule has 0 atom stereocenters. The maximum atomic E-state index is 11.1. The summed E-state index contributed by atoms with van der Waals surface area (Å²) in [4.78, 5) is 15.3. The van der Waals surface area contributed by atoms with Crippen molar-refractivity contribution < 1.29 is 9.90 Å². The molecule has 0 aliphatic carbocycles. The predicted molar refractivity (Wildman–Crippen MR) is 73.5 cm³/mol. The number of benzene rings is 1. The number of hydrogen-bond donors (Lipinski definition) is 1. The van der Waals surface area contributed by atoms with Crippen molar-refractivity contribution >= 4 is 32.7 Å². The molecule has 0 spiro atoms. The molecule has 0 saturated heterocycles. The van der Waals surface area contributed by atoms with Crippen molar-refractivity contribution in [2.75, 3.05) is 0 Å². The van der Waals surface area contributed by atoms with Crippen LogP contribution in [0.25, 0.3) is 16.6 Å². The summed E-state index contributed by atoms with van der Waals surface area (Å²) in [5, 5.41) is 14.9. The Balaban J connectivity index is 2.35. The second kappa shape index (κ2) is 4.47. The minimum atomic E-state index is -1.06. The molecule has 5 nitrogen and oxygen atoms in total. The molecule has 0 aliphatic rings. The predicted octanol–water partition coefficient (Wildman–Crippen LogP) is 2.88. The Labute approximate surface area is 116 Å². The summed E-state index contributed by atoms with van der Waals surface area (Å²) >= 11 is 3.31. The van der Waals surface area contributed by atoms with Gasteiger partial charge in [0, 0.05) is 11.6 Å². The fourth-order valence-corrected chi connectivity index (χ4v) is 2.17. The molecule has 2 heterocycles. The number of carboxylic acids is 1. The van der Waals surface area contributed by atoms with E-state index in [1.54, 1.807) is 23.1 Å². The number of carboxylic acid groups (broad SMARTS) is 1. The molecule has 94 valence electrons. The van der Waals surface area contributed by atoms with Crippen LogP contribution >= 0.6 is 15.9 Å². The topological polar surface area (TPSA) is 68.0 Å². The van der Waals surface area contributed by atoms with E-state index in [1.807, 2.05) is 24.3 Å². The van der Waals surface area contributed by atoms with Gasteiger partial charge in [-0.2, -0.15) is 5.10 Å². The Kier molecular flexibility index (Phi) is 2.79. The molecule has 3 rings (SSSR count). The van der Waals surface area contributed by atoms with Crippen LogP contribution in [0.3, 0.4) is 0 Å². The zero-order valence-corrected chi connectivity index (χ0v) is 11.2. The average Bonchev–Trinajstić information content (AvgIpc) is 2.84. The van der Waals surface area contributed by atoms with Gasteiger partial charge in [-0.25, -0.2) is 14.5 Å². The van der Waals surface area contributed by atoms with E-state index in [1.165, 1.54) is 0 Å². The van der Waals surface area contributed by atoms with Crippen molar-refractivity contribution in [2.45, 2.75) is 0 Å². The number of rotatable bonds is 2. The SMILES string of the molecule is O=C(O)c1cc2ccccc2c(-n2cc(Br)cn2)n1. The summed E-state index contributed by atoms with van der Waals surface area (Å²) in [6, 6.07) is 9.04. The highest BCUT2D eigenvalue weighted by Gasteiger charge is 2.12. The lowest BCUT2D eigenvalue weighted by atomic mass is 10.1. The van der Waals surface area contributed by atoms with Crippen molar-refractivity contribution in [1.29, 1.82) is 0 Å². The molecule has 0 fully saturated rings. The number of aromatic carboxylic acids is 1. The molecule has 0 radical (unpaired) electrons. The zero-order valence-electron chi connectivity index (χ0n) is 9.62. The summed E-state index contributed by atoms with van der Waals surface area (Å²) in [7, 11) is 0. The first kappa shape index (κ1) is 11.9. The smallest absolute Gasteiger partial charge is 0.354 e. The Morgan fingerprint density at radius 3 is 2.79 bits per heavy atom. The van der Waals surface area contributed by atoms with Crippen LogP contribution in [0.1, 0.15) is 10.5 Å². The van der Waals surface area contributed by atoms with Crippen LogP contribution in [-0.2, 0) is 0 Å². The Bertz CT molecular complexity index is 782. The highest BCUT2D eigenvalue weighted by atomic mass is 79.9. The molecule has 0 amide bonds. The van der Waals surface area contributed by atoms with Gasteiger partial charge in [-0.05, 0) is 27.4 Å². The fraction of sp³-hybridized carbons (Fsp3) is 0. The van der Waals surface area contributed by atoms with E-state index >= 15 is 0 Å².